The third-order valence-electron chi connectivity index (χ3n) is 1.89. The molecular formula is C10H6F2N4O. The number of carbonyl (C=O) groups is 1. The zero-order valence-corrected chi connectivity index (χ0v) is 8.52. The van der Waals surface area contributed by atoms with Gasteiger partial charge in [-0.15, -0.1) is 0 Å². The molecule has 0 atom stereocenters. The molecule has 86 valence electrons. The second-order valence-electron chi connectivity index (χ2n) is 2.94. The normalized spacial score (nSPS) is 9.18. The van der Waals surface area contributed by atoms with Crippen molar-refractivity contribution in [3.05, 3.63) is 29.6 Å². The lowest BCUT2D eigenvalue weighted by Crippen LogP contribution is -2.32. The molecule has 17 heavy (non-hydrogen) atoms. The molecule has 1 amide bonds. The van der Waals surface area contributed by atoms with E-state index in [4.69, 9.17) is 10.5 Å². The van der Waals surface area contributed by atoms with Crippen molar-refractivity contribution in [2.45, 2.75) is 0 Å². The first-order valence-corrected chi connectivity index (χ1v) is 4.45. The van der Waals surface area contributed by atoms with Crippen molar-refractivity contribution in [3.63, 3.8) is 0 Å². The van der Waals surface area contributed by atoms with Gasteiger partial charge in [0, 0.05) is 6.20 Å². The summed E-state index contributed by atoms with van der Waals surface area (Å²) in [5.74, 6) is -3.71. The Hall–Kier alpha value is -2.54. The molecule has 0 spiro atoms. The van der Waals surface area contributed by atoms with Gasteiger partial charge in [0.1, 0.15) is 13.1 Å². The van der Waals surface area contributed by atoms with Crippen molar-refractivity contribution in [2.24, 2.45) is 0 Å². The highest BCUT2D eigenvalue weighted by molar-refractivity contribution is 5.94. The number of amides is 1. The third kappa shape index (κ3) is 2.73. The molecule has 0 fully saturated rings. The van der Waals surface area contributed by atoms with Crippen LogP contribution in [0.3, 0.4) is 0 Å². The zero-order valence-electron chi connectivity index (χ0n) is 8.52. The summed E-state index contributed by atoms with van der Waals surface area (Å²) >= 11 is 0. The lowest BCUT2D eigenvalue weighted by molar-refractivity contribution is 0.0788. The van der Waals surface area contributed by atoms with Crippen molar-refractivity contribution in [3.8, 4) is 12.1 Å². The molecule has 0 aliphatic rings. The van der Waals surface area contributed by atoms with Crippen LogP contribution < -0.4 is 0 Å². The van der Waals surface area contributed by atoms with Gasteiger partial charge in [0.25, 0.3) is 5.91 Å². The monoisotopic (exact) mass is 236 g/mol. The van der Waals surface area contributed by atoms with Crippen LogP contribution in [0.4, 0.5) is 8.78 Å². The molecule has 0 N–H and O–H groups in total. The maximum Gasteiger partial charge on any atom is 0.258 e. The van der Waals surface area contributed by atoms with Gasteiger partial charge >= 0.3 is 0 Å². The topological polar surface area (TPSA) is 80.8 Å². The van der Waals surface area contributed by atoms with E-state index in [1.165, 1.54) is 0 Å². The summed E-state index contributed by atoms with van der Waals surface area (Å²) in [4.78, 5) is 15.5. The molecule has 0 unspecified atom stereocenters. The molecule has 0 bridgehead atoms. The van der Waals surface area contributed by atoms with Gasteiger partial charge in [-0.1, -0.05) is 0 Å². The average molecular weight is 236 g/mol. The summed E-state index contributed by atoms with van der Waals surface area (Å²) in [7, 11) is 0. The Morgan fingerprint density at radius 1 is 1.35 bits per heavy atom. The predicted molar refractivity (Wildman–Crippen MR) is 51.3 cm³/mol. The van der Waals surface area contributed by atoms with Crippen LogP contribution in [0.25, 0.3) is 0 Å². The Morgan fingerprint density at radius 2 is 1.94 bits per heavy atom. The largest absolute Gasteiger partial charge is 0.312 e. The number of hydrogen-bond donors (Lipinski definition) is 0. The van der Waals surface area contributed by atoms with E-state index in [0.29, 0.717) is 0 Å². The molecule has 5 nitrogen and oxygen atoms in total. The smallest absolute Gasteiger partial charge is 0.258 e. The first kappa shape index (κ1) is 12.5. The number of rotatable bonds is 3. The number of nitrogens with zero attached hydrogens (tertiary/aromatic N) is 4. The van der Waals surface area contributed by atoms with Crippen molar-refractivity contribution in [1.82, 2.24) is 9.88 Å². The Kier molecular flexibility index (Phi) is 4.07. The van der Waals surface area contributed by atoms with Gasteiger partial charge in [0.15, 0.2) is 5.82 Å². The van der Waals surface area contributed by atoms with E-state index in [0.717, 1.165) is 17.2 Å². The standard InChI is InChI=1S/C10H6F2N4O/c11-8-7(1-4-15-9(8)12)10(17)16(5-2-13)6-3-14/h1,4H,5-6H2. The first-order chi connectivity index (χ1) is 8.11. The van der Waals surface area contributed by atoms with Gasteiger partial charge in [-0.2, -0.15) is 14.9 Å². The summed E-state index contributed by atoms with van der Waals surface area (Å²) < 4.78 is 26.0. The fourth-order valence-corrected chi connectivity index (χ4v) is 1.12. The molecule has 0 aliphatic heterocycles. The van der Waals surface area contributed by atoms with Crippen LogP contribution in [0.1, 0.15) is 10.4 Å². The zero-order chi connectivity index (χ0) is 12.8. The van der Waals surface area contributed by atoms with E-state index < -0.39 is 23.2 Å². The molecule has 7 heteroatoms. The molecule has 1 rings (SSSR count). The molecule has 0 saturated heterocycles. The number of carbonyl (C=O) groups excluding carboxylic acids is 1. The van der Waals surface area contributed by atoms with Crippen LogP contribution in [0, 0.1) is 34.4 Å². The molecule has 1 heterocycles. The Balaban J connectivity index is 3.07. The van der Waals surface area contributed by atoms with E-state index in [1.54, 1.807) is 12.1 Å². The number of aromatic nitrogens is 1. The predicted octanol–water partition coefficient (Wildman–Crippen LogP) is 0.849. The number of pyridine rings is 1. The highest BCUT2D eigenvalue weighted by atomic mass is 19.2. The van der Waals surface area contributed by atoms with Gasteiger partial charge in [0.2, 0.25) is 5.95 Å². The van der Waals surface area contributed by atoms with Gasteiger partial charge in [0.05, 0.1) is 17.7 Å². The lowest BCUT2D eigenvalue weighted by Gasteiger charge is -2.15. The summed E-state index contributed by atoms with van der Waals surface area (Å²) in [6.07, 6.45) is 0.933. The van der Waals surface area contributed by atoms with Crippen molar-refractivity contribution >= 4 is 5.91 Å². The maximum atomic E-state index is 13.2. The fraction of sp³-hybridized carbons (Fsp3) is 0.200. The summed E-state index contributed by atoms with van der Waals surface area (Å²) in [6, 6.07) is 4.31. The van der Waals surface area contributed by atoms with Crippen molar-refractivity contribution in [1.29, 1.82) is 10.5 Å². The van der Waals surface area contributed by atoms with Crippen LogP contribution in [-0.4, -0.2) is 28.9 Å². The van der Waals surface area contributed by atoms with Gasteiger partial charge in [-0.3, -0.25) is 4.79 Å². The van der Waals surface area contributed by atoms with Crippen LogP contribution in [-0.2, 0) is 0 Å². The maximum absolute atomic E-state index is 13.2. The highest BCUT2D eigenvalue weighted by Crippen LogP contribution is 2.11. The molecule has 0 radical (unpaired) electrons. The minimum atomic E-state index is -1.40. The Labute approximate surface area is 95.5 Å². The number of hydrogen-bond acceptors (Lipinski definition) is 4. The molecule has 0 aromatic carbocycles. The Bertz CT molecular complexity index is 502. The molecule has 0 aliphatic carbocycles. The minimum Gasteiger partial charge on any atom is -0.312 e. The van der Waals surface area contributed by atoms with Gasteiger partial charge < -0.3 is 4.90 Å². The van der Waals surface area contributed by atoms with Crippen LogP contribution in [0.2, 0.25) is 0 Å². The molecular weight excluding hydrogens is 230 g/mol. The quantitative estimate of drug-likeness (QED) is 0.575. The summed E-state index contributed by atoms with van der Waals surface area (Å²) in [5, 5.41) is 16.9. The van der Waals surface area contributed by atoms with E-state index in [2.05, 4.69) is 4.98 Å². The van der Waals surface area contributed by atoms with E-state index in [1.807, 2.05) is 0 Å². The van der Waals surface area contributed by atoms with Crippen LogP contribution >= 0.6 is 0 Å². The molecule has 0 saturated carbocycles. The number of halogens is 2. The van der Waals surface area contributed by atoms with Crippen LogP contribution in [0.15, 0.2) is 12.3 Å². The molecule has 1 aromatic heterocycles. The van der Waals surface area contributed by atoms with Crippen molar-refractivity contribution < 1.29 is 13.6 Å². The summed E-state index contributed by atoms with van der Waals surface area (Å²) in [5.41, 5.74) is -0.553. The van der Waals surface area contributed by atoms with Gasteiger partial charge in [-0.25, -0.2) is 9.37 Å². The summed E-state index contributed by atoms with van der Waals surface area (Å²) in [6.45, 7) is -0.758. The first-order valence-electron chi connectivity index (χ1n) is 4.45. The van der Waals surface area contributed by atoms with E-state index in [9.17, 15) is 13.6 Å². The van der Waals surface area contributed by atoms with Gasteiger partial charge in [-0.05, 0) is 6.07 Å². The second-order valence-corrected chi connectivity index (χ2v) is 2.94. The molecule has 1 aromatic rings. The van der Waals surface area contributed by atoms with E-state index >= 15 is 0 Å². The SMILES string of the molecule is N#CCN(CC#N)C(=O)c1ccnc(F)c1F. The lowest BCUT2D eigenvalue weighted by atomic mass is 10.2. The fourth-order valence-electron chi connectivity index (χ4n) is 1.12. The third-order valence-corrected chi connectivity index (χ3v) is 1.89. The van der Waals surface area contributed by atoms with E-state index in [-0.39, 0.29) is 13.1 Å². The van der Waals surface area contributed by atoms with Crippen LogP contribution in [0.5, 0.6) is 0 Å². The van der Waals surface area contributed by atoms with Crippen molar-refractivity contribution in [2.75, 3.05) is 13.1 Å². The Morgan fingerprint density at radius 3 is 2.47 bits per heavy atom. The minimum absolute atomic E-state index is 0.379. The number of nitriles is 2. The highest BCUT2D eigenvalue weighted by Gasteiger charge is 2.21. The average Bonchev–Trinajstić information content (AvgIpc) is 2.31. The second kappa shape index (κ2) is 5.52.